The second kappa shape index (κ2) is 6.20. The zero-order valence-electron chi connectivity index (χ0n) is 9.14. The molecule has 0 saturated carbocycles. The van der Waals surface area contributed by atoms with Gasteiger partial charge in [0.25, 0.3) is 0 Å². The van der Waals surface area contributed by atoms with Crippen molar-refractivity contribution in [3.05, 3.63) is 22.3 Å². The zero-order chi connectivity index (χ0) is 12.9. The Morgan fingerprint density at radius 3 is 2.71 bits per heavy atom. The Hall–Kier alpha value is -0.820. The average molecular weight is 313 g/mol. The molecule has 0 unspecified atom stereocenters. The van der Waals surface area contributed by atoms with Crippen molar-refractivity contribution in [3.8, 4) is 0 Å². The summed E-state index contributed by atoms with van der Waals surface area (Å²) in [6.45, 7) is 0.872. The molecule has 0 bridgehead atoms. The first-order chi connectivity index (χ1) is 7.88. The summed E-state index contributed by atoms with van der Waals surface area (Å²) < 4.78 is 40.6. The predicted molar refractivity (Wildman–Crippen MR) is 62.0 cm³/mol. The van der Waals surface area contributed by atoms with E-state index in [-0.39, 0.29) is 13.2 Å². The van der Waals surface area contributed by atoms with Crippen molar-refractivity contribution >= 4 is 21.7 Å². The molecule has 1 aromatic heterocycles. The van der Waals surface area contributed by atoms with Gasteiger partial charge in [0.2, 0.25) is 0 Å². The minimum atomic E-state index is -4.27. The summed E-state index contributed by atoms with van der Waals surface area (Å²) in [5.74, 6) is 0.612. The van der Waals surface area contributed by atoms with E-state index in [0.29, 0.717) is 5.82 Å². The van der Waals surface area contributed by atoms with Crippen LogP contribution in [0.3, 0.4) is 0 Å². The van der Waals surface area contributed by atoms with Gasteiger partial charge in [-0.2, -0.15) is 13.2 Å². The largest absolute Gasteiger partial charge is 0.411 e. The molecule has 0 atom stereocenters. The second-order valence-corrected chi connectivity index (χ2v) is 4.21. The van der Waals surface area contributed by atoms with E-state index in [1.54, 1.807) is 6.07 Å². The van der Waals surface area contributed by atoms with Gasteiger partial charge in [-0.1, -0.05) is 0 Å². The van der Waals surface area contributed by atoms with Crippen LogP contribution in [0.15, 0.2) is 16.6 Å². The van der Waals surface area contributed by atoms with Gasteiger partial charge in [-0.05, 0) is 35.0 Å². The number of anilines is 1. The average Bonchev–Trinajstić information content (AvgIpc) is 2.21. The Kier molecular flexibility index (Phi) is 5.20. The van der Waals surface area contributed by atoms with Gasteiger partial charge in [-0.25, -0.2) is 4.98 Å². The molecule has 0 aliphatic heterocycles. The monoisotopic (exact) mass is 312 g/mol. The van der Waals surface area contributed by atoms with E-state index in [2.05, 4.69) is 31.0 Å². The first-order valence-electron chi connectivity index (χ1n) is 4.90. The first kappa shape index (κ1) is 14.2. The summed E-state index contributed by atoms with van der Waals surface area (Å²) >= 11 is 3.30. The predicted octanol–water partition coefficient (Wildman–Crippen LogP) is 3.14. The lowest BCUT2D eigenvalue weighted by Crippen LogP contribution is -2.20. The van der Waals surface area contributed by atoms with Crippen LogP contribution in [0.2, 0.25) is 0 Å². The smallest absolute Gasteiger partial charge is 0.370 e. The van der Waals surface area contributed by atoms with Gasteiger partial charge in [0.1, 0.15) is 12.4 Å². The molecule has 0 aliphatic carbocycles. The minimum Gasteiger partial charge on any atom is -0.370 e. The summed E-state index contributed by atoms with van der Waals surface area (Å²) in [4.78, 5) is 4.18. The highest BCUT2D eigenvalue weighted by Crippen LogP contribution is 2.16. The fourth-order valence-electron chi connectivity index (χ4n) is 1.08. The molecule has 0 aromatic carbocycles. The highest BCUT2D eigenvalue weighted by Gasteiger charge is 2.27. The summed E-state index contributed by atoms with van der Waals surface area (Å²) in [5, 5.41) is 2.87. The SMILES string of the molecule is Cc1nc(NCCOCC(F)(F)F)ccc1Br. The van der Waals surface area contributed by atoms with Gasteiger partial charge in [-0.15, -0.1) is 0 Å². The molecule has 0 saturated heterocycles. The zero-order valence-corrected chi connectivity index (χ0v) is 10.7. The number of nitrogens with zero attached hydrogens (tertiary/aromatic N) is 1. The van der Waals surface area contributed by atoms with E-state index in [4.69, 9.17) is 0 Å². The second-order valence-electron chi connectivity index (χ2n) is 3.36. The standard InChI is InChI=1S/C10H12BrF3N2O/c1-7-8(11)2-3-9(16-7)15-4-5-17-6-10(12,13)14/h2-3H,4-6H2,1H3,(H,15,16). The highest BCUT2D eigenvalue weighted by molar-refractivity contribution is 9.10. The minimum absolute atomic E-state index is 0.0176. The van der Waals surface area contributed by atoms with E-state index in [9.17, 15) is 13.2 Å². The van der Waals surface area contributed by atoms with Crippen LogP contribution in [0.25, 0.3) is 0 Å². The number of aromatic nitrogens is 1. The maximum absolute atomic E-state index is 11.7. The number of pyridine rings is 1. The van der Waals surface area contributed by atoms with Crippen molar-refractivity contribution < 1.29 is 17.9 Å². The summed E-state index contributed by atoms with van der Waals surface area (Å²) in [6, 6.07) is 3.56. The number of alkyl halides is 3. The van der Waals surface area contributed by atoms with E-state index in [1.807, 2.05) is 13.0 Å². The van der Waals surface area contributed by atoms with Crippen LogP contribution in [0.5, 0.6) is 0 Å². The van der Waals surface area contributed by atoms with Crippen molar-refractivity contribution in [2.45, 2.75) is 13.1 Å². The summed E-state index contributed by atoms with van der Waals surface area (Å²) in [5.41, 5.74) is 0.811. The molecular formula is C10H12BrF3N2O. The van der Waals surface area contributed by atoms with Crippen LogP contribution >= 0.6 is 15.9 Å². The Morgan fingerprint density at radius 1 is 1.41 bits per heavy atom. The topological polar surface area (TPSA) is 34.2 Å². The lowest BCUT2D eigenvalue weighted by atomic mass is 10.4. The maximum atomic E-state index is 11.7. The molecular weight excluding hydrogens is 301 g/mol. The van der Waals surface area contributed by atoms with Crippen LogP contribution in [-0.2, 0) is 4.74 Å². The fraction of sp³-hybridized carbons (Fsp3) is 0.500. The van der Waals surface area contributed by atoms with Crippen molar-refractivity contribution in [1.29, 1.82) is 0 Å². The molecule has 1 N–H and O–H groups in total. The Labute approximate surface area is 106 Å². The third-order valence-electron chi connectivity index (χ3n) is 1.84. The molecule has 1 heterocycles. The van der Waals surface area contributed by atoms with Gasteiger partial charge in [-0.3, -0.25) is 0 Å². The quantitative estimate of drug-likeness (QED) is 0.848. The molecule has 0 aliphatic rings. The molecule has 1 aromatic rings. The number of nitrogens with one attached hydrogen (secondary N) is 1. The lowest BCUT2D eigenvalue weighted by Gasteiger charge is -2.09. The van der Waals surface area contributed by atoms with Gasteiger partial charge in [0.05, 0.1) is 12.3 Å². The van der Waals surface area contributed by atoms with E-state index in [0.717, 1.165) is 10.2 Å². The molecule has 0 fully saturated rings. The van der Waals surface area contributed by atoms with Gasteiger partial charge >= 0.3 is 6.18 Å². The fourth-order valence-corrected chi connectivity index (χ4v) is 1.30. The third-order valence-corrected chi connectivity index (χ3v) is 2.68. The number of rotatable bonds is 5. The van der Waals surface area contributed by atoms with Gasteiger partial charge in [0.15, 0.2) is 0 Å². The highest BCUT2D eigenvalue weighted by atomic mass is 79.9. The van der Waals surface area contributed by atoms with Crippen LogP contribution in [-0.4, -0.2) is 30.9 Å². The number of hydrogen-bond donors (Lipinski definition) is 1. The number of aryl methyl sites for hydroxylation is 1. The normalized spacial score (nSPS) is 11.6. The van der Waals surface area contributed by atoms with Crippen molar-refractivity contribution in [1.82, 2.24) is 4.98 Å². The van der Waals surface area contributed by atoms with E-state index in [1.165, 1.54) is 0 Å². The number of halogens is 4. The molecule has 1 rings (SSSR count). The van der Waals surface area contributed by atoms with Crippen LogP contribution in [0.1, 0.15) is 5.69 Å². The van der Waals surface area contributed by atoms with Crippen molar-refractivity contribution in [3.63, 3.8) is 0 Å². The summed E-state index contributed by atoms with van der Waals surface area (Å²) in [7, 11) is 0. The Balaban J connectivity index is 2.25. The van der Waals surface area contributed by atoms with Gasteiger partial charge < -0.3 is 10.1 Å². The van der Waals surface area contributed by atoms with Crippen molar-refractivity contribution in [2.24, 2.45) is 0 Å². The molecule has 7 heteroatoms. The molecule has 96 valence electrons. The summed E-state index contributed by atoms with van der Waals surface area (Å²) in [6.07, 6.45) is -4.27. The number of ether oxygens (including phenoxy) is 1. The van der Waals surface area contributed by atoms with Gasteiger partial charge in [0, 0.05) is 11.0 Å². The van der Waals surface area contributed by atoms with Crippen molar-refractivity contribution in [2.75, 3.05) is 25.1 Å². The molecule has 0 radical (unpaired) electrons. The van der Waals surface area contributed by atoms with Crippen LogP contribution in [0, 0.1) is 6.92 Å². The first-order valence-corrected chi connectivity index (χ1v) is 5.69. The molecule has 17 heavy (non-hydrogen) atoms. The van der Waals surface area contributed by atoms with E-state index < -0.39 is 12.8 Å². The van der Waals surface area contributed by atoms with Crippen LogP contribution < -0.4 is 5.32 Å². The Bertz CT molecular complexity index is 371. The van der Waals surface area contributed by atoms with Crippen LogP contribution in [0.4, 0.5) is 19.0 Å². The molecule has 3 nitrogen and oxygen atoms in total. The molecule has 0 spiro atoms. The van der Waals surface area contributed by atoms with E-state index >= 15 is 0 Å². The number of hydrogen-bond acceptors (Lipinski definition) is 3. The Morgan fingerprint density at radius 2 is 2.12 bits per heavy atom. The molecule has 0 amide bonds. The maximum Gasteiger partial charge on any atom is 0.411 e. The lowest BCUT2D eigenvalue weighted by molar-refractivity contribution is -0.172. The third kappa shape index (κ3) is 5.88.